The highest BCUT2D eigenvalue weighted by Gasteiger charge is 2.19. The summed E-state index contributed by atoms with van der Waals surface area (Å²) in [5.41, 5.74) is 4.27. The molecule has 2 aromatic heterocycles. The quantitative estimate of drug-likeness (QED) is 0.916. The van der Waals surface area contributed by atoms with E-state index in [1.807, 2.05) is 24.4 Å². The Kier molecular flexibility index (Phi) is 4.32. The lowest BCUT2D eigenvalue weighted by Gasteiger charge is -2.26. The highest BCUT2D eigenvalue weighted by Crippen LogP contribution is 2.31. The summed E-state index contributed by atoms with van der Waals surface area (Å²) in [6.45, 7) is 7.66. The van der Waals surface area contributed by atoms with Gasteiger partial charge in [0.15, 0.2) is 0 Å². The van der Waals surface area contributed by atoms with Crippen LogP contribution in [0, 0.1) is 0 Å². The van der Waals surface area contributed by atoms with Crippen molar-refractivity contribution in [2.75, 3.05) is 44.7 Å². The maximum absolute atomic E-state index is 5.41. The molecular formula is C18H23N5O. The second kappa shape index (κ2) is 6.75. The number of allylic oxidation sites excluding steroid dienone is 2. The lowest BCUT2D eigenvalue weighted by atomic mass is 10.1. The Morgan fingerprint density at radius 3 is 2.92 bits per heavy atom. The number of rotatable bonds is 5. The summed E-state index contributed by atoms with van der Waals surface area (Å²) in [6.07, 6.45) is 4.88. The molecule has 0 atom stereocenters. The van der Waals surface area contributed by atoms with Crippen LogP contribution in [0.15, 0.2) is 35.1 Å². The Morgan fingerprint density at radius 1 is 1.25 bits per heavy atom. The summed E-state index contributed by atoms with van der Waals surface area (Å²) in [6, 6.07) is 6.11. The van der Waals surface area contributed by atoms with Gasteiger partial charge in [0.25, 0.3) is 0 Å². The molecule has 6 heteroatoms. The Morgan fingerprint density at radius 2 is 2.12 bits per heavy atom. The number of pyridine rings is 1. The first-order valence-electron chi connectivity index (χ1n) is 8.56. The van der Waals surface area contributed by atoms with Crippen LogP contribution in [-0.4, -0.2) is 59.9 Å². The molecule has 0 spiro atoms. The van der Waals surface area contributed by atoms with Crippen LogP contribution in [0.25, 0.3) is 11.2 Å². The number of fused-ring (bicyclic) bond motifs is 1. The van der Waals surface area contributed by atoms with Crippen molar-refractivity contribution in [1.82, 2.24) is 14.3 Å². The number of anilines is 1. The molecule has 126 valence electrons. The van der Waals surface area contributed by atoms with E-state index in [1.165, 1.54) is 5.57 Å². The number of aromatic nitrogens is 2. The van der Waals surface area contributed by atoms with Crippen LogP contribution in [-0.2, 0) is 4.74 Å². The van der Waals surface area contributed by atoms with Crippen LogP contribution in [0.3, 0.4) is 0 Å². The molecule has 1 N–H and O–H groups in total. The maximum atomic E-state index is 5.41. The summed E-state index contributed by atoms with van der Waals surface area (Å²) in [5, 5.41) is 3.61. The number of hydrogen-bond acceptors (Lipinski definition) is 5. The standard InChI is InChI=1S/C18H23N5O/c1-14-15(5-6-19-14)17-18(23-8-3-2-4-16(23)21-17)20-7-9-22-10-12-24-13-11-22/h2-4,6,8,20H,5,7,9-13H2,1H3. The molecular weight excluding hydrogens is 302 g/mol. The Labute approximate surface area is 141 Å². The molecule has 0 amide bonds. The molecule has 0 saturated carbocycles. The van der Waals surface area contributed by atoms with E-state index in [0.29, 0.717) is 0 Å². The monoisotopic (exact) mass is 325 g/mol. The fraction of sp³-hybridized carbons (Fsp3) is 0.444. The van der Waals surface area contributed by atoms with Crippen LogP contribution in [0.2, 0.25) is 0 Å². The van der Waals surface area contributed by atoms with Gasteiger partial charge in [-0.1, -0.05) is 6.07 Å². The van der Waals surface area contributed by atoms with Crippen LogP contribution in [0.5, 0.6) is 0 Å². The largest absolute Gasteiger partial charge is 0.379 e. The van der Waals surface area contributed by atoms with Gasteiger partial charge in [0.05, 0.1) is 13.2 Å². The van der Waals surface area contributed by atoms with Gasteiger partial charge in [0.1, 0.15) is 17.2 Å². The average molecular weight is 325 g/mol. The van der Waals surface area contributed by atoms with Crippen LogP contribution in [0.4, 0.5) is 5.82 Å². The minimum Gasteiger partial charge on any atom is -0.379 e. The fourth-order valence-corrected chi connectivity index (χ4v) is 3.30. The molecule has 0 bridgehead atoms. The zero-order valence-electron chi connectivity index (χ0n) is 14.0. The van der Waals surface area contributed by atoms with Crippen molar-refractivity contribution in [1.29, 1.82) is 0 Å². The van der Waals surface area contributed by atoms with Gasteiger partial charge in [-0.3, -0.25) is 14.3 Å². The molecule has 2 aliphatic rings. The predicted molar refractivity (Wildman–Crippen MR) is 96.6 cm³/mol. The third-order valence-corrected chi connectivity index (χ3v) is 4.66. The summed E-state index contributed by atoms with van der Waals surface area (Å²) in [7, 11) is 0. The zero-order valence-corrected chi connectivity index (χ0v) is 14.0. The summed E-state index contributed by atoms with van der Waals surface area (Å²) in [4.78, 5) is 11.7. The van der Waals surface area contributed by atoms with E-state index in [4.69, 9.17) is 9.72 Å². The van der Waals surface area contributed by atoms with Crippen molar-refractivity contribution in [3.05, 3.63) is 35.8 Å². The van der Waals surface area contributed by atoms with E-state index in [1.54, 1.807) is 0 Å². The molecule has 0 aromatic carbocycles. The fourth-order valence-electron chi connectivity index (χ4n) is 3.30. The molecule has 2 aliphatic heterocycles. The molecule has 0 unspecified atom stereocenters. The van der Waals surface area contributed by atoms with E-state index in [0.717, 1.165) is 68.7 Å². The third kappa shape index (κ3) is 2.95. The van der Waals surface area contributed by atoms with Crippen LogP contribution < -0.4 is 5.32 Å². The number of nitrogens with zero attached hydrogens (tertiary/aromatic N) is 4. The Bertz CT molecular complexity index is 786. The number of ether oxygens (including phenoxy) is 1. The van der Waals surface area contributed by atoms with Crippen molar-refractivity contribution in [2.24, 2.45) is 4.99 Å². The number of hydrogen-bond donors (Lipinski definition) is 1. The first kappa shape index (κ1) is 15.4. The van der Waals surface area contributed by atoms with Crippen molar-refractivity contribution in [3.63, 3.8) is 0 Å². The lowest BCUT2D eigenvalue weighted by molar-refractivity contribution is 0.0398. The molecule has 4 rings (SSSR count). The molecule has 4 heterocycles. The summed E-state index contributed by atoms with van der Waals surface area (Å²) < 4.78 is 7.54. The second-order valence-corrected chi connectivity index (χ2v) is 6.20. The maximum Gasteiger partial charge on any atom is 0.139 e. The number of aliphatic imine (C=N–C) groups is 1. The van der Waals surface area contributed by atoms with Crippen molar-refractivity contribution >= 4 is 23.3 Å². The molecule has 0 aliphatic carbocycles. The van der Waals surface area contributed by atoms with Crippen molar-refractivity contribution < 1.29 is 4.74 Å². The van der Waals surface area contributed by atoms with Crippen molar-refractivity contribution in [2.45, 2.75) is 13.3 Å². The van der Waals surface area contributed by atoms with Crippen LogP contribution >= 0.6 is 0 Å². The van der Waals surface area contributed by atoms with Gasteiger partial charge in [-0.05, 0) is 19.1 Å². The van der Waals surface area contributed by atoms with Crippen molar-refractivity contribution in [3.8, 4) is 0 Å². The van der Waals surface area contributed by atoms with E-state index < -0.39 is 0 Å². The molecule has 0 radical (unpaired) electrons. The van der Waals surface area contributed by atoms with E-state index in [2.05, 4.69) is 32.7 Å². The van der Waals surface area contributed by atoms with E-state index >= 15 is 0 Å². The van der Waals surface area contributed by atoms with Gasteiger partial charge in [-0.25, -0.2) is 4.98 Å². The van der Waals surface area contributed by atoms with Gasteiger partial charge in [-0.15, -0.1) is 0 Å². The molecule has 1 fully saturated rings. The average Bonchev–Trinajstić information content (AvgIpc) is 3.19. The van der Waals surface area contributed by atoms with E-state index in [9.17, 15) is 0 Å². The van der Waals surface area contributed by atoms with Gasteiger partial charge in [0, 0.05) is 56.3 Å². The first-order valence-corrected chi connectivity index (χ1v) is 8.56. The minimum absolute atomic E-state index is 0.838. The predicted octanol–water partition coefficient (Wildman–Crippen LogP) is 2.28. The third-order valence-electron chi connectivity index (χ3n) is 4.66. The first-order chi connectivity index (χ1) is 11.8. The van der Waals surface area contributed by atoms with Gasteiger partial charge in [0.2, 0.25) is 0 Å². The molecule has 1 saturated heterocycles. The SMILES string of the molecule is CC1=C(c2nc3ccccn3c2NCCN2CCOCC2)CC=N1. The molecule has 6 nitrogen and oxygen atoms in total. The second-order valence-electron chi connectivity index (χ2n) is 6.20. The summed E-state index contributed by atoms with van der Waals surface area (Å²) >= 11 is 0. The lowest BCUT2D eigenvalue weighted by Crippen LogP contribution is -2.39. The molecule has 2 aromatic rings. The van der Waals surface area contributed by atoms with Gasteiger partial charge in [-0.2, -0.15) is 0 Å². The number of nitrogens with one attached hydrogen (secondary N) is 1. The molecule has 24 heavy (non-hydrogen) atoms. The van der Waals surface area contributed by atoms with E-state index in [-0.39, 0.29) is 0 Å². The normalized spacial score (nSPS) is 18.7. The van der Waals surface area contributed by atoms with Gasteiger partial charge < -0.3 is 10.1 Å². The number of morpholine rings is 1. The Hall–Kier alpha value is -2.18. The smallest absolute Gasteiger partial charge is 0.139 e. The zero-order chi connectivity index (χ0) is 16.4. The minimum atomic E-state index is 0.838. The Balaban J connectivity index is 1.57. The van der Waals surface area contributed by atoms with Gasteiger partial charge >= 0.3 is 0 Å². The summed E-state index contributed by atoms with van der Waals surface area (Å²) in [5.74, 6) is 1.07. The van der Waals surface area contributed by atoms with Crippen LogP contribution in [0.1, 0.15) is 19.0 Å². The topological polar surface area (TPSA) is 54.2 Å². The highest BCUT2D eigenvalue weighted by molar-refractivity contribution is 5.89. The number of imidazole rings is 1. The highest BCUT2D eigenvalue weighted by atomic mass is 16.5.